The first kappa shape index (κ1) is 17.0. The highest BCUT2D eigenvalue weighted by Gasteiger charge is 2.83. The third kappa shape index (κ3) is 1.87. The van der Waals surface area contributed by atoms with Gasteiger partial charge in [0.25, 0.3) is 0 Å². The van der Waals surface area contributed by atoms with Gasteiger partial charge in [0.05, 0.1) is 5.60 Å². The summed E-state index contributed by atoms with van der Waals surface area (Å²) in [4.78, 5) is 0. The fourth-order valence-electron chi connectivity index (χ4n) is 6.39. The molecule has 0 radical (unpaired) electrons. The molecule has 2 bridgehead atoms. The molecule has 1 saturated carbocycles. The molecule has 1 N–H and O–H groups in total. The molecule has 2 heterocycles. The van der Waals surface area contributed by atoms with Gasteiger partial charge in [0.2, 0.25) is 0 Å². The van der Waals surface area contributed by atoms with E-state index in [-0.39, 0.29) is 11.8 Å². The van der Waals surface area contributed by atoms with Gasteiger partial charge in [-0.15, -0.1) is 13.2 Å². The summed E-state index contributed by atoms with van der Waals surface area (Å²) >= 11 is 0. The van der Waals surface area contributed by atoms with Gasteiger partial charge in [-0.05, 0) is 36.2 Å². The zero-order valence-electron chi connectivity index (χ0n) is 15.2. The average Bonchev–Trinajstić information content (AvgIpc) is 3.11. The lowest BCUT2D eigenvalue weighted by Crippen LogP contribution is -2.58. The van der Waals surface area contributed by atoms with Gasteiger partial charge >= 0.3 is 0 Å². The second kappa shape index (κ2) is 5.54. The molecule has 1 aromatic carbocycles. The lowest BCUT2D eigenvalue weighted by molar-refractivity contribution is -0.268. The number of benzene rings is 1. The van der Waals surface area contributed by atoms with Crippen molar-refractivity contribution >= 4 is 0 Å². The van der Waals surface area contributed by atoms with Gasteiger partial charge in [-0.25, -0.2) is 0 Å². The van der Waals surface area contributed by atoms with E-state index >= 15 is 0 Å². The van der Waals surface area contributed by atoms with Crippen molar-refractivity contribution < 1.29 is 14.6 Å². The van der Waals surface area contributed by atoms with E-state index in [1.807, 2.05) is 12.1 Å². The van der Waals surface area contributed by atoms with E-state index in [2.05, 4.69) is 44.3 Å². The summed E-state index contributed by atoms with van der Waals surface area (Å²) in [6.07, 6.45) is 5.66. The number of ether oxygens (including phenoxy) is 2. The van der Waals surface area contributed by atoms with Crippen LogP contribution in [0, 0.1) is 17.8 Å². The average molecular weight is 340 g/mol. The molecule has 1 aliphatic carbocycles. The van der Waals surface area contributed by atoms with E-state index < -0.39 is 17.0 Å². The zero-order valence-corrected chi connectivity index (χ0v) is 15.2. The Labute approximate surface area is 150 Å². The van der Waals surface area contributed by atoms with Crippen LogP contribution in [0.2, 0.25) is 0 Å². The summed E-state index contributed by atoms with van der Waals surface area (Å²) in [5.41, 5.74) is -0.209. The van der Waals surface area contributed by atoms with Crippen molar-refractivity contribution in [3.8, 4) is 0 Å². The number of aliphatic hydroxyl groups is 1. The SMILES string of the molecule is C=CCC12OC3(OC)CC1[C@H](C)[C@@H](c1ccccc1)C2[C@]3(O)CC=C. The molecule has 2 saturated heterocycles. The van der Waals surface area contributed by atoms with Crippen molar-refractivity contribution in [3.63, 3.8) is 0 Å². The van der Waals surface area contributed by atoms with Crippen LogP contribution in [0.4, 0.5) is 0 Å². The van der Waals surface area contributed by atoms with Crippen LogP contribution in [-0.2, 0) is 9.47 Å². The van der Waals surface area contributed by atoms with E-state index in [9.17, 15) is 5.11 Å². The van der Waals surface area contributed by atoms with Crippen LogP contribution in [0.15, 0.2) is 55.6 Å². The summed E-state index contributed by atoms with van der Waals surface area (Å²) in [5, 5.41) is 11.9. The Bertz CT molecular complexity index is 674. The summed E-state index contributed by atoms with van der Waals surface area (Å²) in [6, 6.07) is 10.5. The van der Waals surface area contributed by atoms with E-state index in [4.69, 9.17) is 9.47 Å². The minimum Gasteiger partial charge on any atom is -0.383 e. The molecule has 7 atom stereocenters. The summed E-state index contributed by atoms with van der Waals surface area (Å²) in [7, 11) is 1.66. The number of hydrogen-bond acceptors (Lipinski definition) is 3. The van der Waals surface area contributed by atoms with Crippen molar-refractivity contribution in [2.24, 2.45) is 17.8 Å². The zero-order chi connectivity index (χ0) is 17.9. The monoisotopic (exact) mass is 340 g/mol. The van der Waals surface area contributed by atoms with Crippen molar-refractivity contribution in [3.05, 3.63) is 61.2 Å². The molecule has 25 heavy (non-hydrogen) atoms. The van der Waals surface area contributed by atoms with E-state index in [1.54, 1.807) is 13.2 Å². The quantitative estimate of drug-likeness (QED) is 0.794. The van der Waals surface area contributed by atoms with Gasteiger partial charge in [0.1, 0.15) is 5.60 Å². The normalized spacial score (nSPS) is 47.2. The topological polar surface area (TPSA) is 38.7 Å². The number of methoxy groups -OCH3 is 1. The summed E-state index contributed by atoms with van der Waals surface area (Å²) in [5.74, 6) is 0.00817. The number of rotatable bonds is 6. The highest BCUT2D eigenvalue weighted by molar-refractivity contribution is 5.37. The maximum absolute atomic E-state index is 11.9. The Morgan fingerprint density at radius 3 is 2.52 bits per heavy atom. The first-order chi connectivity index (χ1) is 12.0. The Balaban J connectivity index is 1.92. The first-order valence-electron chi connectivity index (χ1n) is 9.24. The van der Waals surface area contributed by atoms with Gasteiger partial charge in [0.15, 0.2) is 5.79 Å². The fourth-order valence-corrected chi connectivity index (χ4v) is 6.39. The third-order valence-corrected chi connectivity index (χ3v) is 7.17. The second-order valence-electron chi connectivity index (χ2n) is 8.01. The van der Waals surface area contributed by atoms with Crippen LogP contribution in [0.3, 0.4) is 0 Å². The standard InChI is InChI=1S/C22H28O3/c1-5-12-20-17-14-22(24-4,25-20)21(23,13-6-2)19(20)18(15(17)3)16-10-8-7-9-11-16/h5-11,15,17-19,23H,1-2,12-14H2,3-4H3/t15-,17?,18-,19?,20?,21+,22?/m0/s1. The third-order valence-electron chi connectivity index (χ3n) is 7.17. The molecule has 4 unspecified atom stereocenters. The van der Waals surface area contributed by atoms with Crippen LogP contribution in [0.1, 0.15) is 37.7 Å². The predicted molar refractivity (Wildman–Crippen MR) is 98.1 cm³/mol. The molecule has 4 rings (SSSR count). The molecule has 3 heteroatoms. The van der Waals surface area contributed by atoms with Crippen LogP contribution >= 0.6 is 0 Å². The molecular formula is C22H28O3. The first-order valence-corrected chi connectivity index (χ1v) is 9.24. The van der Waals surface area contributed by atoms with Crippen molar-refractivity contribution in [2.75, 3.05) is 7.11 Å². The van der Waals surface area contributed by atoms with Crippen LogP contribution < -0.4 is 0 Å². The highest BCUT2D eigenvalue weighted by atomic mass is 16.7. The van der Waals surface area contributed by atoms with Crippen LogP contribution in [0.5, 0.6) is 0 Å². The Hall–Kier alpha value is -1.42. The van der Waals surface area contributed by atoms with Gasteiger partial charge in [-0.2, -0.15) is 0 Å². The molecule has 3 fully saturated rings. The lowest BCUT2D eigenvalue weighted by Gasteiger charge is -2.44. The molecule has 134 valence electrons. The second-order valence-corrected chi connectivity index (χ2v) is 8.01. The van der Waals surface area contributed by atoms with E-state index in [1.165, 1.54) is 5.56 Å². The molecule has 1 aromatic rings. The molecule has 0 aromatic heterocycles. The highest BCUT2D eigenvalue weighted by Crippen LogP contribution is 2.75. The molecule has 2 aliphatic heterocycles. The molecule has 3 aliphatic rings. The van der Waals surface area contributed by atoms with Crippen molar-refractivity contribution in [1.82, 2.24) is 0 Å². The maximum Gasteiger partial charge on any atom is 0.198 e. The summed E-state index contributed by atoms with van der Waals surface area (Å²) in [6.45, 7) is 10.2. The van der Waals surface area contributed by atoms with E-state index in [0.29, 0.717) is 18.3 Å². The Morgan fingerprint density at radius 2 is 1.92 bits per heavy atom. The smallest absolute Gasteiger partial charge is 0.198 e. The largest absolute Gasteiger partial charge is 0.383 e. The Kier molecular flexibility index (Phi) is 3.77. The summed E-state index contributed by atoms with van der Waals surface area (Å²) < 4.78 is 12.5. The Morgan fingerprint density at radius 1 is 1.24 bits per heavy atom. The van der Waals surface area contributed by atoms with Gasteiger partial charge in [0, 0.05) is 19.4 Å². The van der Waals surface area contributed by atoms with Gasteiger partial charge < -0.3 is 14.6 Å². The minimum absolute atomic E-state index is 0.0351. The number of hydrogen-bond donors (Lipinski definition) is 1. The lowest BCUT2D eigenvalue weighted by atomic mass is 9.63. The molecular weight excluding hydrogens is 312 g/mol. The molecule has 0 amide bonds. The minimum atomic E-state index is -1.08. The molecule has 3 nitrogen and oxygen atoms in total. The van der Waals surface area contributed by atoms with Crippen LogP contribution in [-0.4, -0.2) is 29.2 Å². The maximum atomic E-state index is 11.9. The van der Waals surface area contributed by atoms with Gasteiger partial charge in [-0.1, -0.05) is 49.4 Å². The van der Waals surface area contributed by atoms with E-state index in [0.717, 1.165) is 12.8 Å². The van der Waals surface area contributed by atoms with Crippen molar-refractivity contribution in [2.45, 2.75) is 49.1 Å². The van der Waals surface area contributed by atoms with Crippen LogP contribution in [0.25, 0.3) is 0 Å². The number of fused-ring (bicyclic) bond motifs is 1. The molecule has 0 spiro atoms. The predicted octanol–water partition coefficient (Wildman–Crippen LogP) is 4.05. The van der Waals surface area contributed by atoms with Crippen molar-refractivity contribution in [1.29, 1.82) is 0 Å². The fraction of sp³-hybridized carbons (Fsp3) is 0.545. The van der Waals surface area contributed by atoms with Gasteiger partial charge in [-0.3, -0.25) is 0 Å².